The zero-order chi connectivity index (χ0) is 17.0. The first-order valence-electron chi connectivity index (χ1n) is 6.92. The van der Waals surface area contributed by atoms with Crippen LogP contribution in [0.4, 0.5) is 0 Å². The molecule has 1 aromatic heterocycles. The molecule has 0 radical (unpaired) electrons. The van der Waals surface area contributed by atoms with Gasteiger partial charge in [0.25, 0.3) is 0 Å². The number of ether oxygens (including phenoxy) is 2. The number of methoxy groups -OCH3 is 1. The lowest BCUT2D eigenvalue weighted by molar-refractivity contribution is 0.0323. The zero-order valence-electron chi connectivity index (χ0n) is 13.0. The zero-order valence-corrected chi connectivity index (χ0v) is 13.8. The van der Waals surface area contributed by atoms with E-state index in [1.54, 1.807) is 30.3 Å². The summed E-state index contributed by atoms with van der Waals surface area (Å²) in [6.07, 6.45) is -0.918. The summed E-state index contributed by atoms with van der Waals surface area (Å²) in [5.74, 6) is -0.390. The molecule has 0 aliphatic carbocycles. The largest absolute Gasteiger partial charge is 0.497 e. The fourth-order valence-electron chi connectivity index (χ4n) is 1.90. The fourth-order valence-corrected chi connectivity index (χ4v) is 2.68. The number of benzene rings is 1. The van der Waals surface area contributed by atoms with Crippen molar-refractivity contribution in [2.24, 2.45) is 0 Å². The van der Waals surface area contributed by atoms with Gasteiger partial charge in [-0.25, -0.2) is 4.79 Å². The van der Waals surface area contributed by atoms with E-state index in [-0.39, 0.29) is 11.6 Å². The van der Waals surface area contributed by atoms with Gasteiger partial charge in [0.2, 0.25) is 5.78 Å². The summed E-state index contributed by atoms with van der Waals surface area (Å²) in [6.45, 7) is 2.95. The molecule has 2 aromatic rings. The first-order valence-corrected chi connectivity index (χ1v) is 7.74. The summed E-state index contributed by atoms with van der Waals surface area (Å²) in [5, 5.41) is 0. The second-order valence-electron chi connectivity index (χ2n) is 4.86. The van der Waals surface area contributed by atoms with Crippen LogP contribution in [0.2, 0.25) is 0 Å². The van der Waals surface area contributed by atoms with Crippen LogP contribution in [0.3, 0.4) is 0 Å². The average Bonchev–Trinajstić information content (AvgIpc) is 3.04. The molecular formula is C17H16O5S. The lowest BCUT2D eigenvalue weighted by atomic mass is 10.1. The van der Waals surface area contributed by atoms with Gasteiger partial charge in [-0.05, 0) is 50.2 Å². The van der Waals surface area contributed by atoms with Crippen LogP contribution in [0.15, 0.2) is 36.4 Å². The fraction of sp³-hybridized carbons (Fsp3) is 0.235. The molecule has 5 nitrogen and oxygen atoms in total. The predicted molar refractivity (Wildman–Crippen MR) is 86.5 cm³/mol. The standard InChI is InChI=1S/C17H16O5S/c1-10(18)14-8-9-15(23-14)17(20)22-11(2)16(19)12-4-6-13(21-3)7-5-12/h4-9,11H,1-3H3/t11-/m1/s1. The van der Waals surface area contributed by atoms with Crippen molar-refractivity contribution in [1.82, 2.24) is 0 Å². The van der Waals surface area contributed by atoms with Gasteiger partial charge in [0.1, 0.15) is 10.6 Å². The molecule has 0 bridgehead atoms. The first-order chi connectivity index (χ1) is 10.9. The van der Waals surface area contributed by atoms with Crippen molar-refractivity contribution in [2.45, 2.75) is 20.0 Å². The second kappa shape index (κ2) is 7.19. The number of hydrogen-bond acceptors (Lipinski definition) is 6. The molecule has 0 saturated carbocycles. The third-order valence-electron chi connectivity index (χ3n) is 3.18. The predicted octanol–water partition coefficient (Wildman–Crippen LogP) is 3.39. The maximum Gasteiger partial charge on any atom is 0.349 e. The van der Waals surface area contributed by atoms with E-state index in [0.29, 0.717) is 21.1 Å². The van der Waals surface area contributed by atoms with Crippen LogP contribution in [0, 0.1) is 0 Å². The Labute approximate surface area is 137 Å². The molecule has 0 spiro atoms. The Bertz CT molecular complexity index is 730. The molecule has 1 atom stereocenters. The van der Waals surface area contributed by atoms with Gasteiger partial charge in [0, 0.05) is 5.56 Å². The monoisotopic (exact) mass is 332 g/mol. The van der Waals surface area contributed by atoms with Crippen LogP contribution in [-0.4, -0.2) is 30.7 Å². The van der Waals surface area contributed by atoms with Gasteiger partial charge >= 0.3 is 5.97 Å². The van der Waals surface area contributed by atoms with Crippen molar-refractivity contribution in [3.05, 3.63) is 51.7 Å². The van der Waals surface area contributed by atoms with Crippen LogP contribution in [0.1, 0.15) is 43.5 Å². The summed E-state index contributed by atoms with van der Waals surface area (Å²) < 4.78 is 10.2. The molecule has 0 saturated heterocycles. The maximum atomic E-state index is 12.3. The maximum absolute atomic E-state index is 12.3. The van der Waals surface area contributed by atoms with Gasteiger partial charge in [0.15, 0.2) is 11.9 Å². The number of ketones is 2. The van der Waals surface area contributed by atoms with Crippen LogP contribution < -0.4 is 4.74 Å². The average molecular weight is 332 g/mol. The Balaban J connectivity index is 2.04. The molecule has 0 N–H and O–H groups in total. The summed E-state index contributed by atoms with van der Waals surface area (Å²) in [6, 6.07) is 9.66. The molecule has 6 heteroatoms. The van der Waals surface area contributed by atoms with E-state index in [2.05, 4.69) is 0 Å². The molecule has 0 aliphatic heterocycles. The number of carbonyl (C=O) groups excluding carboxylic acids is 3. The van der Waals surface area contributed by atoms with Crippen LogP contribution in [0.25, 0.3) is 0 Å². The molecule has 120 valence electrons. The molecule has 0 aliphatic rings. The van der Waals surface area contributed by atoms with E-state index in [4.69, 9.17) is 9.47 Å². The van der Waals surface area contributed by atoms with Crippen LogP contribution in [0.5, 0.6) is 5.75 Å². The van der Waals surface area contributed by atoms with Crippen molar-refractivity contribution in [3.8, 4) is 5.75 Å². The van der Waals surface area contributed by atoms with E-state index in [9.17, 15) is 14.4 Å². The smallest absolute Gasteiger partial charge is 0.349 e. The van der Waals surface area contributed by atoms with Crippen molar-refractivity contribution in [1.29, 1.82) is 0 Å². The molecular weight excluding hydrogens is 316 g/mol. The Hall–Kier alpha value is -2.47. The van der Waals surface area contributed by atoms with Gasteiger partial charge < -0.3 is 9.47 Å². The van der Waals surface area contributed by atoms with E-state index >= 15 is 0 Å². The number of thiophene rings is 1. The summed E-state index contributed by atoms with van der Waals surface area (Å²) in [7, 11) is 1.54. The Morgan fingerprint density at radius 1 is 1.00 bits per heavy atom. The van der Waals surface area contributed by atoms with Gasteiger partial charge in [-0.15, -0.1) is 11.3 Å². The Morgan fingerprint density at radius 3 is 2.13 bits per heavy atom. The molecule has 0 fully saturated rings. The van der Waals surface area contributed by atoms with E-state index < -0.39 is 12.1 Å². The Morgan fingerprint density at radius 2 is 1.61 bits per heavy atom. The quantitative estimate of drug-likeness (QED) is 0.599. The van der Waals surface area contributed by atoms with E-state index in [1.807, 2.05) is 0 Å². The molecule has 2 rings (SSSR count). The van der Waals surface area contributed by atoms with E-state index in [1.165, 1.54) is 27.0 Å². The molecule has 0 amide bonds. The van der Waals surface area contributed by atoms with Crippen LogP contribution >= 0.6 is 11.3 Å². The highest BCUT2D eigenvalue weighted by atomic mass is 32.1. The highest BCUT2D eigenvalue weighted by Crippen LogP contribution is 2.19. The topological polar surface area (TPSA) is 69.7 Å². The number of hydrogen-bond donors (Lipinski definition) is 0. The van der Waals surface area contributed by atoms with Crippen molar-refractivity contribution in [3.63, 3.8) is 0 Å². The molecule has 1 heterocycles. The SMILES string of the molecule is COc1ccc(C(=O)[C@@H](C)OC(=O)c2ccc(C(C)=O)s2)cc1. The summed E-state index contributed by atoms with van der Waals surface area (Å²) >= 11 is 1.05. The van der Waals surface area contributed by atoms with Gasteiger partial charge in [-0.2, -0.15) is 0 Å². The highest BCUT2D eigenvalue weighted by Gasteiger charge is 2.21. The minimum absolute atomic E-state index is 0.114. The number of carbonyl (C=O) groups is 3. The third-order valence-corrected chi connectivity index (χ3v) is 4.35. The number of esters is 1. The summed E-state index contributed by atoms with van der Waals surface area (Å²) in [5.41, 5.74) is 0.432. The third kappa shape index (κ3) is 4.04. The lowest BCUT2D eigenvalue weighted by Crippen LogP contribution is -2.24. The number of rotatable bonds is 6. The van der Waals surface area contributed by atoms with Crippen molar-refractivity contribution >= 4 is 28.9 Å². The second-order valence-corrected chi connectivity index (χ2v) is 5.94. The first kappa shape index (κ1) is 16.9. The minimum Gasteiger partial charge on any atom is -0.497 e. The summed E-state index contributed by atoms with van der Waals surface area (Å²) in [4.78, 5) is 36.3. The van der Waals surface area contributed by atoms with Crippen LogP contribution in [-0.2, 0) is 4.74 Å². The minimum atomic E-state index is -0.918. The number of Topliss-reactive ketones (excluding diaryl/α,β-unsaturated/α-hetero) is 2. The normalized spacial score (nSPS) is 11.6. The van der Waals surface area contributed by atoms with Gasteiger partial charge in [-0.1, -0.05) is 0 Å². The van der Waals surface area contributed by atoms with Gasteiger partial charge in [-0.3, -0.25) is 9.59 Å². The highest BCUT2D eigenvalue weighted by molar-refractivity contribution is 7.15. The van der Waals surface area contributed by atoms with E-state index in [0.717, 1.165) is 11.3 Å². The molecule has 0 unspecified atom stereocenters. The van der Waals surface area contributed by atoms with Gasteiger partial charge in [0.05, 0.1) is 12.0 Å². The molecule has 1 aromatic carbocycles. The van der Waals surface area contributed by atoms with Crippen molar-refractivity contribution in [2.75, 3.05) is 7.11 Å². The van der Waals surface area contributed by atoms with Crippen molar-refractivity contribution < 1.29 is 23.9 Å². The molecule has 23 heavy (non-hydrogen) atoms. The lowest BCUT2D eigenvalue weighted by Gasteiger charge is -2.12. The Kier molecular flexibility index (Phi) is 5.28.